The molecule has 0 aliphatic carbocycles. The lowest BCUT2D eigenvalue weighted by atomic mass is 10.1. The summed E-state index contributed by atoms with van der Waals surface area (Å²) in [6.07, 6.45) is 1.65. The van der Waals surface area contributed by atoms with Crippen LogP contribution in [0.3, 0.4) is 0 Å². The molecular weight excluding hydrogens is 460 g/mol. The zero-order valence-corrected chi connectivity index (χ0v) is 19.8. The van der Waals surface area contributed by atoms with Crippen LogP contribution in [0, 0.1) is 12.3 Å². The predicted octanol–water partition coefficient (Wildman–Crippen LogP) is 5.12. The molecule has 2 aliphatic heterocycles. The lowest BCUT2D eigenvalue weighted by Crippen LogP contribution is -2.35. The average Bonchev–Trinajstić information content (AvgIpc) is 3.31. The van der Waals surface area contributed by atoms with Crippen molar-refractivity contribution in [3.63, 3.8) is 0 Å². The molecule has 0 radical (unpaired) electrons. The van der Waals surface area contributed by atoms with Crippen molar-refractivity contribution in [3.05, 3.63) is 101 Å². The molecule has 35 heavy (non-hydrogen) atoms. The van der Waals surface area contributed by atoms with E-state index in [1.54, 1.807) is 6.08 Å². The molecule has 3 aromatic rings. The van der Waals surface area contributed by atoms with Crippen molar-refractivity contribution in [2.45, 2.75) is 6.92 Å². The summed E-state index contributed by atoms with van der Waals surface area (Å²) < 4.78 is 11.5. The third-order valence-electron chi connectivity index (χ3n) is 5.37. The molecule has 174 valence electrons. The van der Waals surface area contributed by atoms with Gasteiger partial charge in [-0.1, -0.05) is 60.7 Å². The highest BCUT2D eigenvalue weighted by atomic mass is 32.2. The maximum atomic E-state index is 12.7. The van der Waals surface area contributed by atoms with Crippen molar-refractivity contribution in [1.82, 2.24) is 5.01 Å². The van der Waals surface area contributed by atoms with Crippen LogP contribution in [0.15, 0.2) is 94.5 Å². The molecule has 0 saturated heterocycles. The molecule has 0 bridgehead atoms. The Morgan fingerprint density at radius 2 is 1.66 bits per heavy atom. The van der Waals surface area contributed by atoms with Crippen molar-refractivity contribution >= 4 is 39.8 Å². The van der Waals surface area contributed by atoms with E-state index in [1.807, 2.05) is 85.8 Å². The molecule has 2 heterocycles. The normalized spacial score (nSPS) is 16.1. The van der Waals surface area contributed by atoms with Gasteiger partial charge in [-0.15, -0.1) is 0 Å². The number of fused-ring (bicyclic) bond motifs is 1. The molecule has 2 aliphatic rings. The summed E-state index contributed by atoms with van der Waals surface area (Å²) in [5.74, 6) is 1.10. The number of ether oxygens (including phenoxy) is 2. The van der Waals surface area contributed by atoms with Gasteiger partial charge in [0.05, 0.1) is 5.57 Å². The number of carbonyl (C=O) groups is 1. The smallest absolute Gasteiger partial charge is 0.283 e. The van der Waals surface area contributed by atoms with Crippen LogP contribution >= 0.6 is 11.8 Å². The molecule has 0 fully saturated rings. The van der Waals surface area contributed by atoms with Gasteiger partial charge in [-0.3, -0.25) is 10.2 Å². The SMILES string of the molecule is Cc1ccccc1OCCOc1ccc(C=C2C(=N)N3N=C(c4ccccc4)SC3=NC2=O)cc1. The fourth-order valence-corrected chi connectivity index (χ4v) is 4.44. The van der Waals surface area contributed by atoms with Crippen LogP contribution in [0.4, 0.5) is 0 Å². The van der Waals surface area contributed by atoms with Crippen LogP contribution < -0.4 is 9.47 Å². The van der Waals surface area contributed by atoms with Crippen LogP contribution in [0.1, 0.15) is 16.7 Å². The highest BCUT2D eigenvalue weighted by Crippen LogP contribution is 2.31. The Morgan fingerprint density at radius 1 is 0.943 bits per heavy atom. The minimum Gasteiger partial charge on any atom is -0.490 e. The van der Waals surface area contributed by atoms with E-state index in [2.05, 4.69) is 10.1 Å². The fraction of sp³-hybridized carbons (Fsp3) is 0.111. The molecule has 0 atom stereocenters. The Balaban J connectivity index is 1.23. The van der Waals surface area contributed by atoms with Crippen molar-refractivity contribution in [3.8, 4) is 11.5 Å². The van der Waals surface area contributed by atoms with E-state index < -0.39 is 5.91 Å². The van der Waals surface area contributed by atoms with Crippen molar-refractivity contribution in [2.75, 3.05) is 13.2 Å². The summed E-state index contributed by atoms with van der Waals surface area (Å²) >= 11 is 1.28. The van der Waals surface area contributed by atoms with E-state index in [-0.39, 0.29) is 11.4 Å². The van der Waals surface area contributed by atoms with Gasteiger partial charge in [0.1, 0.15) is 29.8 Å². The summed E-state index contributed by atoms with van der Waals surface area (Å²) in [7, 11) is 0. The number of hydrazone groups is 1. The van der Waals surface area contributed by atoms with Gasteiger partial charge in [0, 0.05) is 5.56 Å². The van der Waals surface area contributed by atoms with Gasteiger partial charge in [0.15, 0.2) is 5.84 Å². The number of hydrogen-bond donors (Lipinski definition) is 1. The number of rotatable bonds is 7. The van der Waals surface area contributed by atoms with Crippen molar-refractivity contribution in [2.24, 2.45) is 10.1 Å². The number of carbonyl (C=O) groups excluding carboxylic acids is 1. The van der Waals surface area contributed by atoms with E-state index in [4.69, 9.17) is 14.9 Å². The first-order chi connectivity index (χ1) is 17.1. The number of benzene rings is 3. The number of thioether (sulfide) groups is 1. The second-order valence-corrected chi connectivity index (χ2v) is 8.78. The summed E-state index contributed by atoms with van der Waals surface area (Å²) in [5, 5.41) is 15.6. The average molecular weight is 483 g/mol. The first-order valence-corrected chi connectivity index (χ1v) is 11.9. The number of hydrogen-bond acceptors (Lipinski definition) is 6. The van der Waals surface area contributed by atoms with Crippen LogP contribution in [-0.2, 0) is 4.79 Å². The molecule has 0 saturated carbocycles. The van der Waals surface area contributed by atoms with E-state index in [0.717, 1.165) is 22.4 Å². The third-order valence-corrected chi connectivity index (χ3v) is 6.33. The van der Waals surface area contributed by atoms with Gasteiger partial charge in [-0.25, -0.2) is 0 Å². The minimum atomic E-state index is -0.452. The monoisotopic (exact) mass is 482 g/mol. The lowest BCUT2D eigenvalue weighted by Gasteiger charge is -2.20. The molecule has 1 N–H and O–H groups in total. The third kappa shape index (κ3) is 5.02. The molecule has 5 rings (SSSR count). The van der Waals surface area contributed by atoms with E-state index in [9.17, 15) is 4.79 Å². The van der Waals surface area contributed by atoms with Crippen LogP contribution in [0.25, 0.3) is 6.08 Å². The first kappa shape index (κ1) is 22.6. The summed E-state index contributed by atoms with van der Waals surface area (Å²) in [5.41, 5.74) is 2.95. The molecule has 1 amide bonds. The summed E-state index contributed by atoms with van der Waals surface area (Å²) in [6, 6.07) is 24.8. The molecule has 3 aromatic carbocycles. The van der Waals surface area contributed by atoms with Gasteiger partial charge in [-0.2, -0.15) is 15.1 Å². The number of aliphatic imine (C=N–C) groups is 1. The number of nitrogens with one attached hydrogen (secondary N) is 1. The number of para-hydroxylation sites is 1. The quantitative estimate of drug-likeness (QED) is 0.373. The maximum Gasteiger partial charge on any atom is 0.283 e. The Hall–Kier alpha value is -4.17. The lowest BCUT2D eigenvalue weighted by molar-refractivity contribution is -0.114. The van der Waals surface area contributed by atoms with E-state index >= 15 is 0 Å². The largest absolute Gasteiger partial charge is 0.490 e. The summed E-state index contributed by atoms with van der Waals surface area (Å²) in [4.78, 5) is 16.8. The fourth-order valence-electron chi connectivity index (χ4n) is 3.55. The summed E-state index contributed by atoms with van der Waals surface area (Å²) in [6.45, 7) is 2.84. The van der Waals surface area contributed by atoms with Gasteiger partial charge in [-0.05, 0) is 54.1 Å². The topological polar surface area (TPSA) is 87.3 Å². The van der Waals surface area contributed by atoms with Crippen LogP contribution in [-0.4, -0.2) is 40.2 Å². The number of nitrogens with zero attached hydrogens (tertiary/aromatic N) is 3. The standard InChI is InChI=1S/C27H22N4O3S/c1-18-7-5-6-10-23(18)34-16-15-33-21-13-11-19(12-14-21)17-22-24(28)31-27(29-25(22)32)35-26(30-31)20-8-3-2-4-9-20/h2-14,17,28H,15-16H2,1H3. The Labute approximate surface area is 207 Å². The predicted molar refractivity (Wildman–Crippen MR) is 139 cm³/mol. The Bertz CT molecular complexity index is 1360. The molecular formula is C27H22N4O3S. The van der Waals surface area contributed by atoms with Crippen molar-refractivity contribution in [1.29, 1.82) is 5.41 Å². The molecule has 0 spiro atoms. The van der Waals surface area contributed by atoms with Crippen LogP contribution in [0.2, 0.25) is 0 Å². The highest BCUT2D eigenvalue weighted by Gasteiger charge is 2.35. The maximum absolute atomic E-state index is 12.7. The van der Waals surface area contributed by atoms with Crippen molar-refractivity contribution < 1.29 is 14.3 Å². The second kappa shape index (κ2) is 9.99. The van der Waals surface area contributed by atoms with E-state index in [1.165, 1.54) is 16.8 Å². The molecule has 0 unspecified atom stereocenters. The second-order valence-electron chi connectivity index (χ2n) is 7.82. The first-order valence-electron chi connectivity index (χ1n) is 11.1. The minimum absolute atomic E-state index is 0.00659. The Morgan fingerprint density at radius 3 is 2.43 bits per heavy atom. The van der Waals surface area contributed by atoms with Gasteiger partial charge < -0.3 is 9.47 Å². The van der Waals surface area contributed by atoms with Crippen LogP contribution in [0.5, 0.6) is 11.5 Å². The molecule has 7 nitrogen and oxygen atoms in total. The zero-order chi connectivity index (χ0) is 24.2. The molecule has 0 aromatic heterocycles. The highest BCUT2D eigenvalue weighted by molar-refractivity contribution is 8.27. The van der Waals surface area contributed by atoms with Gasteiger partial charge >= 0.3 is 0 Å². The van der Waals surface area contributed by atoms with E-state index in [0.29, 0.717) is 29.2 Å². The van der Waals surface area contributed by atoms with Gasteiger partial charge in [0.25, 0.3) is 5.91 Å². The number of aryl methyl sites for hydroxylation is 1. The molecule has 8 heteroatoms. The zero-order valence-electron chi connectivity index (χ0n) is 19.0. The Kier molecular flexibility index (Phi) is 6.45. The number of amides is 1. The number of amidine groups is 2. The van der Waals surface area contributed by atoms with Gasteiger partial charge in [0.2, 0.25) is 5.17 Å².